The van der Waals surface area contributed by atoms with E-state index in [1.165, 1.54) is 32.1 Å². The van der Waals surface area contributed by atoms with Crippen LogP contribution in [-0.4, -0.2) is 41.3 Å². The second-order valence-corrected chi connectivity index (χ2v) is 5.53. The first kappa shape index (κ1) is 15.0. The number of rotatable bonds is 5. The third-order valence-corrected chi connectivity index (χ3v) is 4.10. The number of nitrogens with zero attached hydrogens (tertiary/aromatic N) is 3. The molecular formula is C15H26N4O. The van der Waals surface area contributed by atoms with Crippen LogP contribution in [0.5, 0.6) is 0 Å². The van der Waals surface area contributed by atoms with Gasteiger partial charge in [0.15, 0.2) is 0 Å². The summed E-state index contributed by atoms with van der Waals surface area (Å²) in [5.41, 5.74) is 1.07. The second-order valence-electron chi connectivity index (χ2n) is 5.53. The van der Waals surface area contributed by atoms with E-state index >= 15 is 0 Å². The third-order valence-electron chi connectivity index (χ3n) is 4.10. The molecule has 1 aliphatic carbocycles. The molecule has 5 heteroatoms. The van der Waals surface area contributed by atoms with Gasteiger partial charge in [0.2, 0.25) is 0 Å². The molecule has 1 aliphatic rings. The van der Waals surface area contributed by atoms with Crippen molar-refractivity contribution in [3.63, 3.8) is 0 Å². The largest absolute Gasteiger partial charge is 0.395 e. The van der Waals surface area contributed by atoms with Crippen molar-refractivity contribution >= 4 is 11.6 Å². The molecule has 0 spiro atoms. The lowest BCUT2D eigenvalue weighted by Crippen LogP contribution is -2.40. The molecule has 1 saturated carbocycles. The Balaban J connectivity index is 2.35. The van der Waals surface area contributed by atoms with Crippen LogP contribution in [0, 0.1) is 13.8 Å². The molecule has 20 heavy (non-hydrogen) atoms. The minimum Gasteiger partial charge on any atom is -0.395 e. The van der Waals surface area contributed by atoms with Gasteiger partial charge in [0, 0.05) is 25.2 Å². The van der Waals surface area contributed by atoms with Gasteiger partial charge in [-0.25, -0.2) is 9.97 Å². The van der Waals surface area contributed by atoms with Gasteiger partial charge in [-0.2, -0.15) is 0 Å². The molecule has 112 valence electrons. The normalized spacial score (nSPS) is 16.2. The van der Waals surface area contributed by atoms with Crippen molar-refractivity contribution < 1.29 is 5.11 Å². The molecular weight excluding hydrogens is 252 g/mol. The Hall–Kier alpha value is -1.36. The van der Waals surface area contributed by atoms with E-state index in [9.17, 15) is 5.11 Å². The van der Waals surface area contributed by atoms with Gasteiger partial charge in [0.1, 0.15) is 17.5 Å². The number of hydrogen-bond donors (Lipinski definition) is 2. The molecule has 2 rings (SSSR count). The van der Waals surface area contributed by atoms with E-state index < -0.39 is 0 Å². The van der Waals surface area contributed by atoms with Gasteiger partial charge in [-0.05, 0) is 26.7 Å². The maximum Gasteiger partial charge on any atom is 0.137 e. The van der Waals surface area contributed by atoms with Crippen molar-refractivity contribution in [3.05, 3.63) is 11.4 Å². The molecule has 0 aliphatic heterocycles. The number of hydrogen-bond acceptors (Lipinski definition) is 5. The number of aliphatic hydroxyl groups excluding tert-OH is 1. The number of aromatic nitrogens is 2. The van der Waals surface area contributed by atoms with Crippen LogP contribution < -0.4 is 10.2 Å². The highest BCUT2D eigenvalue weighted by Gasteiger charge is 2.24. The van der Waals surface area contributed by atoms with Gasteiger partial charge in [-0.15, -0.1) is 0 Å². The van der Waals surface area contributed by atoms with Crippen molar-refractivity contribution in [2.45, 2.75) is 52.0 Å². The Morgan fingerprint density at radius 1 is 1.20 bits per heavy atom. The molecule has 0 amide bonds. The van der Waals surface area contributed by atoms with E-state index in [4.69, 9.17) is 0 Å². The van der Waals surface area contributed by atoms with Crippen LogP contribution in [0.25, 0.3) is 0 Å². The summed E-state index contributed by atoms with van der Waals surface area (Å²) in [5, 5.41) is 12.6. The van der Waals surface area contributed by atoms with E-state index in [1.807, 2.05) is 20.9 Å². The average Bonchev–Trinajstić information content (AvgIpc) is 2.48. The summed E-state index contributed by atoms with van der Waals surface area (Å²) in [6.45, 7) is 4.77. The molecule has 1 aromatic rings. The summed E-state index contributed by atoms with van der Waals surface area (Å²) in [4.78, 5) is 11.3. The lowest BCUT2D eigenvalue weighted by molar-refractivity contribution is 0.289. The Morgan fingerprint density at radius 2 is 1.90 bits per heavy atom. The van der Waals surface area contributed by atoms with Crippen LogP contribution in [0.3, 0.4) is 0 Å². The lowest BCUT2D eigenvalue weighted by Gasteiger charge is -2.36. The molecule has 0 aromatic carbocycles. The van der Waals surface area contributed by atoms with E-state index in [0.717, 1.165) is 23.0 Å². The minimum atomic E-state index is 0.161. The SMILES string of the molecule is CNc1nc(C)nc(N(CCO)C2CCCCC2)c1C. The standard InChI is InChI=1S/C15H26N4O/c1-11-14(16-3)17-12(2)18-15(11)19(9-10-20)13-7-5-4-6-8-13/h13,20H,4-10H2,1-3H3,(H,16,17,18). The molecule has 1 heterocycles. The van der Waals surface area contributed by atoms with Crippen LogP contribution >= 0.6 is 0 Å². The van der Waals surface area contributed by atoms with Crippen molar-refractivity contribution in [1.29, 1.82) is 0 Å². The molecule has 1 aromatic heterocycles. The quantitative estimate of drug-likeness (QED) is 0.865. The summed E-state index contributed by atoms with van der Waals surface area (Å²) >= 11 is 0. The van der Waals surface area contributed by atoms with Crippen molar-refractivity contribution in [3.8, 4) is 0 Å². The van der Waals surface area contributed by atoms with E-state index in [2.05, 4.69) is 20.2 Å². The monoisotopic (exact) mass is 278 g/mol. The Labute approximate surface area is 121 Å². The molecule has 0 radical (unpaired) electrons. The number of anilines is 2. The highest BCUT2D eigenvalue weighted by atomic mass is 16.3. The van der Waals surface area contributed by atoms with Crippen LogP contribution in [0.2, 0.25) is 0 Å². The van der Waals surface area contributed by atoms with Crippen LogP contribution in [-0.2, 0) is 0 Å². The van der Waals surface area contributed by atoms with Crippen LogP contribution in [0.15, 0.2) is 0 Å². The number of aliphatic hydroxyl groups is 1. The highest BCUT2D eigenvalue weighted by Crippen LogP contribution is 2.30. The molecule has 2 N–H and O–H groups in total. The summed E-state index contributed by atoms with van der Waals surface area (Å²) < 4.78 is 0. The lowest BCUT2D eigenvalue weighted by atomic mass is 9.94. The van der Waals surface area contributed by atoms with Crippen molar-refractivity contribution in [2.24, 2.45) is 0 Å². The fourth-order valence-corrected chi connectivity index (χ4v) is 3.10. The summed E-state index contributed by atoms with van der Waals surface area (Å²) in [7, 11) is 1.88. The summed E-state index contributed by atoms with van der Waals surface area (Å²) in [6, 6.07) is 0.494. The molecule has 0 bridgehead atoms. The molecule has 0 saturated heterocycles. The first-order valence-corrected chi connectivity index (χ1v) is 7.58. The van der Waals surface area contributed by atoms with Crippen LogP contribution in [0.4, 0.5) is 11.6 Å². The van der Waals surface area contributed by atoms with Crippen LogP contribution in [0.1, 0.15) is 43.5 Å². The second kappa shape index (κ2) is 6.88. The maximum atomic E-state index is 9.41. The van der Waals surface area contributed by atoms with E-state index in [0.29, 0.717) is 12.6 Å². The first-order chi connectivity index (χ1) is 9.67. The fraction of sp³-hybridized carbons (Fsp3) is 0.733. The Bertz CT molecular complexity index is 444. The van der Waals surface area contributed by atoms with Gasteiger partial charge >= 0.3 is 0 Å². The Kier molecular flexibility index (Phi) is 5.17. The van der Waals surface area contributed by atoms with Gasteiger partial charge in [-0.1, -0.05) is 19.3 Å². The predicted molar refractivity (Wildman–Crippen MR) is 82.4 cm³/mol. The number of aryl methyl sites for hydroxylation is 1. The first-order valence-electron chi connectivity index (χ1n) is 7.58. The van der Waals surface area contributed by atoms with E-state index in [-0.39, 0.29) is 6.61 Å². The summed E-state index contributed by atoms with van der Waals surface area (Å²) in [6.07, 6.45) is 6.25. The minimum absolute atomic E-state index is 0.161. The third kappa shape index (κ3) is 3.20. The number of nitrogens with one attached hydrogen (secondary N) is 1. The zero-order valence-corrected chi connectivity index (χ0v) is 12.8. The van der Waals surface area contributed by atoms with Gasteiger partial charge < -0.3 is 15.3 Å². The zero-order valence-electron chi connectivity index (χ0n) is 12.8. The highest BCUT2D eigenvalue weighted by molar-refractivity contribution is 5.59. The van der Waals surface area contributed by atoms with E-state index in [1.54, 1.807) is 0 Å². The average molecular weight is 278 g/mol. The molecule has 0 atom stereocenters. The van der Waals surface area contributed by atoms with Gasteiger partial charge in [-0.3, -0.25) is 0 Å². The van der Waals surface area contributed by atoms with Crippen molar-refractivity contribution in [1.82, 2.24) is 9.97 Å². The summed E-state index contributed by atoms with van der Waals surface area (Å²) in [5.74, 6) is 2.63. The smallest absolute Gasteiger partial charge is 0.137 e. The van der Waals surface area contributed by atoms with Gasteiger partial charge in [0.05, 0.1) is 6.61 Å². The molecule has 0 unspecified atom stereocenters. The Morgan fingerprint density at radius 3 is 2.50 bits per heavy atom. The maximum absolute atomic E-state index is 9.41. The fourth-order valence-electron chi connectivity index (χ4n) is 3.10. The van der Waals surface area contributed by atoms with Crippen molar-refractivity contribution in [2.75, 3.05) is 30.4 Å². The topological polar surface area (TPSA) is 61.3 Å². The predicted octanol–water partition coefficient (Wildman–Crippen LogP) is 2.27. The zero-order chi connectivity index (χ0) is 14.5. The van der Waals surface area contributed by atoms with Gasteiger partial charge in [0.25, 0.3) is 0 Å². The molecule has 5 nitrogen and oxygen atoms in total. The molecule has 1 fully saturated rings.